The number of hydrogen-bond donors (Lipinski definition) is 2. The highest BCUT2D eigenvalue weighted by Crippen LogP contribution is 2.24. The maximum absolute atomic E-state index is 10.6. The molecule has 0 saturated carbocycles. The normalized spacial score (nSPS) is 10.2. The molecule has 0 heterocycles. The van der Waals surface area contributed by atoms with E-state index in [1.54, 1.807) is 12.1 Å². The van der Waals surface area contributed by atoms with Crippen molar-refractivity contribution in [3.05, 3.63) is 23.8 Å². The Bertz CT molecular complexity index is 515. The van der Waals surface area contributed by atoms with E-state index in [9.17, 15) is 9.59 Å². The first-order valence-corrected chi connectivity index (χ1v) is 5.49. The van der Waals surface area contributed by atoms with Crippen molar-refractivity contribution in [2.45, 2.75) is 0 Å². The van der Waals surface area contributed by atoms with E-state index >= 15 is 0 Å². The smallest absolute Gasteiger partial charge is 0.341 e. The summed E-state index contributed by atoms with van der Waals surface area (Å²) >= 11 is 0. The molecule has 8 nitrogen and oxygen atoms in total. The molecule has 0 fully saturated rings. The van der Waals surface area contributed by atoms with Crippen LogP contribution in [0.3, 0.4) is 0 Å². The number of oxime groups is 1. The van der Waals surface area contributed by atoms with Crippen LogP contribution in [-0.4, -0.2) is 43.5 Å². The number of nitrogens with zero attached hydrogens (tertiary/aromatic N) is 1. The Morgan fingerprint density at radius 2 is 2.10 bits per heavy atom. The van der Waals surface area contributed by atoms with E-state index in [1.165, 1.54) is 19.4 Å². The van der Waals surface area contributed by atoms with E-state index in [4.69, 9.17) is 20.3 Å². The topological polar surface area (TPSA) is 120 Å². The van der Waals surface area contributed by atoms with Gasteiger partial charge in [-0.15, -0.1) is 0 Å². The largest absolute Gasteiger partial charge is 0.484 e. The molecule has 0 saturated heterocycles. The van der Waals surface area contributed by atoms with Crippen LogP contribution in [0.1, 0.15) is 5.56 Å². The fourth-order valence-electron chi connectivity index (χ4n) is 1.24. The lowest BCUT2D eigenvalue weighted by Crippen LogP contribution is -2.20. The quantitative estimate of drug-likeness (QED) is 0.511. The molecule has 0 radical (unpaired) electrons. The van der Waals surface area contributed by atoms with Gasteiger partial charge in [0.05, 0.1) is 6.21 Å². The Hall–Kier alpha value is -2.77. The lowest BCUT2D eigenvalue weighted by molar-refractivity contribution is -0.139. The minimum absolute atomic E-state index is 0.232. The van der Waals surface area contributed by atoms with E-state index in [0.717, 1.165) is 0 Å². The zero-order chi connectivity index (χ0) is 15.0. The highest BCUT2D eigenvalue weighted by atomic mass is 16.6. The summed E-state index contributed by atoms with van der Waals surface area (Å²) in [5.74, 6) is -1.19. The number of nitrogens with two attached hydrogens (primary N) is 1. The van der Waals surface area contributed by atoms with Gasteiger partial charge in [-0.05, 0) is 12.1 Å². The Morgan fingerprint density at radius 1 is 1.35 bits per heavy atom. The van der Waals surface area contributed by atoms with Crippen LogP contribution in [0.4, 0.5) is 0 Å². The standard InChI is InChI=1S/C12H14N2O6/c1-18-14-5-8-2-3-9(19-6-11(13)15)4-10(8)20-7-12(16)17/h2-5H,6-7H2,1H3,(H2,13,15)(H,16,17)/b14-5+. The van der Waals surface area contributed by atoms with Crippen molar-refractivity contribution in [1.29, 1.82) is 0 Å². The number of hydrogen-bond acceptors (Lipinski definition) is 6. The van der Waals surface area contributed by atoms with Crippen LogP contribution < -0.4 is 15.2 Å². The average Bonchev–Trinajstić information content (AvgIpc) is 2.41. The predicted octanol–water partition coefficient (Wildman–Crippen LogP) is -0.00560. The van der Waals surface area contributed by atoms with Crippen LogP contribution >= 0.6 is 0 Å². The van der Waals surface area contributed by atoms with Gasteiger partial charge in [0.15, 0.2) is 13.2 Å². The van der Waals surface area contributed by atoms with Gasteiger partial charge in [0.2, 0.25) is 0 Å². The highest BCUT2D eigenvalue weighted by molar-refractivity contribution is 5.84. The van der Waals surface area contributed by atoms with Gasteiger partial charge in [-0.3, -0.25) is 4.79 Å². The maximum atomic E-state index is 10.6. The molecule has 1 rings (SSSR count). The first-order chi connectivity index (χ1) is 9.52. The lowest BCUT2D eigenvalue weighted by Gasteiger charge is -2.10. The number of carboxylic acid groups (broad SMARTS) is 1. The second-order valence-electron chi connectivity index (χ2n) is 3.55. The number of carbonyl (C=O) groups excluding carboxylic acids is 1. The van der Waals surface area contributed by atoms with E-state index in [1.807, 2.05) is 0 Å². The second-order valence-corrected chi connectivity index (χ2v) is 3.55. The molecule has 0 unspecified atom stereocenters. The van der Waals surface area contributed by atoms with Crippen LogP contribution in [0.25, 0.3) is 0 Å². The van der Waals surface area contributed by atoms with Crippen molar-refractivity contribution >= 4 is 18.1 Å². The molecule has 20 heavy (non-hydrogen) atoms. The fourth-order valence-corrected chi connectivity index (χ4v) is 1.24. The van der Waals surface area contributed by atoms with E-state index in [0.29, 0.717) is 11.3 Å². The number of benzene rings is 1. The van der Waals surface area contributed by atoms with Gasteiger partial charge in [-0.2, -0.15) is 0 Å². The number of primary amides is 1. The van der Waals surface area contributed by atoms with Crippen LogP contribution in [0, 0.1) is 0 Å². The van der Waals surface area contributed by atoms with Crippen molar-refractivity contribution in [2.24, 2.45) is 10.9 Å². The summed E-state index contributed by atoms with van der Waals surface area (Å²) in [6.07, 6.45) is 1.36. The van der Waals surface area contributed by atoms with Crippen molar-refractivity contribution in [2.75, 3.05) is 20.3 Å². The zero-order valence-corrected chi connectivity index (χ0v) is 10.7. The Balaban J connectivity index is 2.91. The summed E-state index contributed by atoms with van der Waals surface area (Å²) in [7, 11) is 1.37. The Labute approximate surface area is 114 Å². The van der Waals surface area contributed by atoms with Crippen molar-refractivity contribution in [3.63, 3.8) is 0 Å². The SMILES string of the molecule is CO/N=C/c1ccc(OCC(N)=O)cc1OCC(=O)O. The second kappa shape index (κ2) is 7.62. The first kappa shape index (κ1) is 15.3. The van der Waals surface area contributed by atoms with Gasteiger partial charge in [0, 0.05) is 11.6 Å². The van der Waals surface area contributed by atoms with Crippen molar-refractivity contribution in [1.82, 2.24) is 0 Å². The summed E-state index contributed by atoms with van der Waals surface area (Å²) in [6.45, 7) is -0.809. The summed E-state index contributed by atoms with van der Waals surface area (Å²) in [5.41, 5.74) is 5.46. The number of rotatable bonds is 8. The number of aliphatic carboxylic acids is 1. The molecule has 1 amide bonds. The monoisotopic (exact) mass is 282 g/mol. The minimum Gasteiger partial charge on any atom is -0.484 e. The van der Waals surface area contributed by atoms with Gasteiger partial charge in [-0.25, -0.2) is 4.79 Å². The van der Waals surface area contributed by atoms with Gasteiger partial charge >= 0.3 is 5.97 Å². The molecule has 0 atom stereocenters. The van der Waals surface area contributed by atoms with Gasteiger partial charge in [-0.1, -0.05) is 5.16 Å². The van der Waals surface area contributed by atoms with E-state index in [2.05, 4.69) is 9.99 Å². The van der Waals surface area contributed by atoms with Crippen LogP contribution in [-0.2, 0) is 14.4 Å². The maximum Gasteiger partial charge on any atom is 0.341 e. The number of ether oxygens (including phenoxy) is 2. The molecule has 3 N–H and O–H groups in total. The molecular formula is C12H14N2O6. The first-order valence-electron chi connectivity index (χ1n) is 5.49. The molecular weight excluding hydrogens is 268 g/mol. The van der Waals surface area contributed by atoms with Crippen LogP contribution in [0.15, 0.2) is 23.4 Å². The number of amides is 1. The Morgan fingerprint density at radius 3 is 2.70 bits per heavy atom. The van der Waals surface area contributed by atoms with Crippen molar-refractivity contribution < 1.29 is 29.0 Å². The molecule has 1 aromatic rings. The molecule has 8 heteroatoms. The number of carbonyl (C=O) groups is 2. The third-order valence-corrected chi connectivity index (χ3v) is 2.01. The van der Waals surface area contributed by atoms with Gasteiger partial charge < -0.3 is 25.2 Å². The molecule has 0 aliphatic rings. The molecule has 0 aliphatic carbocycles. The molecule has 0 spiro atoms. The summed E-state index contributed by atoms with van der Waals surface area (Å²) in [5, 5.41) is 12.2. The predicted molar refractivity (Wildman–Crippen MR) is 68.9 cm³/mol. The average molecular weight is 282 g/mol. The van der Waals surface area contributed by atoms with E-state index in [-0.39, 0.29) is 12.4 Å². The third-order valence-electron chi connectivity index (χ3n) is 2.01. The van der Waals surface area contributed by atoms with Crippen molar-refractivity contribution in [3.8, 4) is 11.5 Å². The fraction of sp³-hybridized carbons (Fsp3) is 0.250. The summed E-state index contributed by atoms with van der Waals surface area (Å²) in [6, 6.07) is 4.58. The summed E-state index contributed by atoms with van der Waals surface area (Å²) < 4.78 is 10.2. The summed E-state index contributed by atoms with van der Waals surface area (Å²) in [4.78, 5) is 25.7. The lowest BCUT2D eigenvalue weighted by atomic mass is 10.2. The molecule has 0 aliphatic heterocycles. The zero-order valence-electron chi connectivity index (χ0n) is 10.7. The minimum atomic E-state index is -1.12. The van der Waals surface area contributed by atoms with E-state index < -0.39 is 18.5 Å². The Kier molecular flexibility index (Phi) is 5.82. The number of carboxylic acids is 1. The molecule has 1 aromatic carbocycles. The van der Waals surface area contributed by atoms with Gasteiger partial charge in [0.25, 0.3) is 5.91 Å². The van der Waals surface area contributed by atoms with Gasteiger partial charge in [0.1, 0.15) is 18.6 Å². The highest BCUT2D eigenvalue weighted by Gasteiger charge is 2.08. The molecule has 0 bridgehead atoms. The van der Waals surface area contributed by atoms with Crippen LogP contribution in [0.5, 0.6) is 11.5 Å². The van der Waals surface area contributed by atoms with Crippen LogP contribution in [0.2, 0.25) is 0 Å². The molecule has 0 aromatic heterocycles. The third kappa shape index (κ3) is 5.25. The molecule has 108 valence electrons.